The first-order chi connectivity index (χ1) is 67.6. The lowest BCUT2D eigenvalue weighted by molar-refractivity contribution is -0.575. The summed E-state index contributed by atoms with van der Waals surface area (Å²) < 4.78 is 3.87. The Morgan fingerprint density at radius 2 is 0.707 bits per heavy atom. The fourth-order valence-electron chi connectivity index (χ4n) is 23.8. The van der Waals surface area contributed by atoms with Gasteiger partial charge in [0.15, 0.2) is 11.2 Å². The van der Waals surface area contributed by atoms with E-state index < -0.39 is 5.97 Å². The average molecular weight is 1910 g/mol. The van der Waals surface area contributed by atoms with Gasteiger partial charge in [0.1, 0.15) is 18.1 Å². The van der Waals surface area contributed by atoms with Gasteiger partial charge in [0.05, 0.1) is 134 Å². The minimum atomic E-state index is -0.809. The topological polar surface area (TPSA) is 361 Å². The maximum atomic E-state index is 13.1. The number of carboxylic acids is 1. The number of aryl methyl sites for hydroxylation is 1. The van der Waals surface area contributed by atoms with E-state index >= 15 is 0 Å². The largest absolute Gasteiger partial charge is 0.480 e. The maximum absolute atomic E-state index is 13.1. The van der Waals surface area contributed by atoms with Gasteiger partial charge in [-0.25, -0.2) is 54.1 Å². The molecule has 4 aliphatic carbocycles. The highest BCUT2D eigenvalue weighted by Crippen LogP contribution is 2.52. The Balaban J connectivity index is 0.000000124. The number of β-amino-alcohol motifs (C(OH)–C–C–N with tert-alkyl or cyclic N) is 2. The summed E-state index contributed by atoms with van der Waals surface area (Å²) in [5.41, 5.74) is 9.06. The molecule has 4 spiro atoms. The number of piperidine rings is 1. The van der Waals surface area contributed by atoms with Crippen LogP contribution in [0.5, 0.6) is 0 Å². The molecule has 8 amide bonds. The molecule has 11 aliphatic rings. The van der Waals surface area contributed by atoms with E-state index in [0.29, 0.717) is 101 Å². The number of nitrogens with zero attached hydrogens (tertiary/aromatic N) is 24. The van der Waals surface area contributed by atoms with Crippen molar-refractivity contribution in [1.82, 2.24) is 100 Å². The van der Waals surface area contributed by atoms with Crippen LogP contribution in [-0.4, -0.2) is 320 Å². The molecule has 7 saturated heterocycles. The Morgan fingerprint density at radius 3 is 1.01 bits per heavy atom. The van der Waals surface area contributed by atoms with E-state index in [1.165, 1.54) is 22.3 Å². The number of fused-ring (bicyclic) bond motifs is 1. The van der Waals surface area contributed by atoms with Gasteiger partial charge >= 0.3 is 36.0 Å². The third kappa shape index (κ3) is 20.0. The number of aliphatic hydroxyl groups is 2. The van der Waals surface area contributed by atoms with E-state index in [-0.39, 0.29) is 87.7 Å². The van der Waals surface area contributed by atoms with Crippen LogP contribution >= 0.6 is 0 Å². The summed E-state index contributed by atoms with van der Waals surface area (Å²) >= 11 is 0. The van der Waals surface area contributed by atoms with Crippen LogP contribution in [0.4, 0.5) is 59.8 Å². The highest BCUT2D eigenvalue weighted by molar-refractivity contribution is 5.97. The van der Waals surface area contributed by atoms with Crippen LogP contribution in [0.1, 0.15) is 138 Å². The zero-order valence-electron chi connectivity index (χ0n) is 82.4. The van der Waals surface area contributed by atoms with Crippen molar-refractivity contribution < 1.29 is 43.9 Å². The van der Waals surface area contributed by atoms with Crippen molar-refractivity contribution in [3.63, 3.8) is 0 Å². The lowest BCUT2D eigenvalue weighted by Gasteiger charge is -2.48. The number of hydrogen-bond acceptors (Lipinski definition) is 25. The van der Waals surface area contributed by atoms with Gasteiger partial charge in [-0.1, -0.05) is 131 Å². The van der Waals surface area contributed by atoms with Crippen molar-refractivity contribution in [2.75, 3.05) is 202 Å². The van der Waals surface area contributed by atoms with Gasteiger partial charge in [-0.05, 0) is 200 Å². The Morgan fingerprint density at radius 1 is 0.400 bits per heavy atom. The van der Waals surface area contributed by atoms with Gasteiger partial charge in [0.25, 0.3) is 0 Å². The summed E-state index contributed by atoms with van der Waals surface area (Å²) in [6.45, 7) is 11.0. The smallest absolute Gasteiger partial charge is 0.438 e. The zero-order valence-corrected chi connectivity index (χ0v) is 82.4. The molecule has 0 radical (unpaired) electrons. The van der Waals surface area contributed by atoms with E-state index in [4.69, 9.17) is 10.2 Å². The zero-order chi connectivity index (χ0) is 97.8. The molecule has 6 aromatic heterocycles. The molecule has 13 heterocycles. The van der Waals surface area contributed by atoms with Gasteiger partial charge in [-0.3, -0.25) is 53.8 Å². The van der Waals surface area contributed by atoms with Crippen LogP contribution in [-0.2, 0) is 34.0 Å². The number of anilines is 7. The fourth-order valence-corrected chi connectivity index (χ4v) is 23.8. The summed E-state index contributed by atoms with van der Waals surface area (Å²) in [7, 11) is 19.2. The third-order valence-electron chi connectivity index (χ3n) is 32.5. The normalized spacial score (nSPS) is 27.2. The Hall–Kier alpha value is -12.5. The van der Waals surface area contributed by atoms with Crippen molar-refractivity contribution in [2.24, 2.45) is 7.05 Å². The molecule has 7 aliphatic heterocycles. The summed E-state index contributed by atoms with van der Waals surface area (Å²) in [6, 6.07) is 44.6. The molecule has 21 rings (SSSR count). The number of benzene rings is 4. The highest BCUT2D eigenvalue weighted by Gasteiger charge is 2.56. The first-order valence-electron chi connectivity index (χ1n) is 49.7. The molecule has 0 bridgehead atoms. The summed E-state index contributed by atoms with van der Waals surface area (Å²) in [5.74, 6) is 1.66. The van der Waals surface area contributed by atoms with E-state index in [1.54, 1.807) is 75.4 Å². The number of aliphatic carboxylic acids is 1. The van der Waals surface area contributed by atoms with Crippen molar-refractivity contribution in [1.29, 1.82) is 0 Å². The molecule has 11 fully saturated rings. The number of amides is 8. The van der Waals surface area contributed by atoms with Crippen LogP contribution in [0.15, 0.2) is 196 Å². The van der Waals surface area contributed by atoms with E-state index in [9.17, 15) is 29.1 Å². The predicted molar refractivity (Wildman–Crippen MR) is 539 cm³/mol. The Kier molecular flexibility index (Phi) is 28.6. The van der Waals surface area contributed by atoms with Crippen LogP contribution in [0.3, 0.4) is 0 Å². The molecule has 10 aromatic rings. The highest BCUT2D eigenvalue weighted by atomic mass is 16.4. The second kappa shape index (κ2) is 40.9. The SMILES string of the molecule is CN(C)C1(c2ccccc2)CCC2(CC1)CN(c1cnc(-[n+]3ccnc4c3ccn4C)nc1)C(=O)N2.CN(C)C1(c2ccccc2)CCC2(CC1)CN(c1cnc(N3CCCC(O)C3)nc1)C(=O)N2.CN(C)C1(c2ccccc2)CCC2(CC1)CN(c1cnc(N3CCN(CC(=O)O)CC3)nc1)C(=O)N2.CN(C)C1(c2ccccc2)CCC2(CC1)CN(c1cnc(N3CCN(CCO)CC3)nc1)C(=O)N2. The summed E-state index contributed by atoms with van der Waals surface area (Å²) in [6.07, 6.45) is 36.2. The second-order valence-corrected chi connectivity index (χ2v) is 41.2. The molecule has 740 valence electrons. The number of nitrogens with one attached hydrogen (secondary N) is 4. The Bertz CT molecular complexity index is 5880. The number of piperazine rings is 2. The molecular weight excluding hydrogens is 1770 g/mol. The number of carbonyl (C=O) groups excluding carboxylic acids is 4. The van der Waals surface area contributed by atoms with Crippen molar-refractivity contribution in [3.8, 4) is 5.95 Å². The first kappa shape index (κ1) is 97.7. The number of aliphatic hydroxyl groups excluding tert-OH is 2. The quantitative estimate of drug-likeness (QED) is 0.0349. The van der Waals surface area contributed by atoms with Crippen LogP contribution in [0.2, 0.25) is 0 Å². The number of rotatable bonds is 20. The molecule has 4 saturated carbocycles. The first-order valence-corrected chi connectivity index (χ1v) is 49.7. The van der Waals surface area contributed by atoms with Gasteiger partial charge in [-0.2, -0.15) is 4.57 Å². The molecule has 1 unspecified atom stereocenters. The van der Waals surface area contributed by atoms with Gasteiger partial charge < -0.3 is 55.9 Å². The van der Waals surface area contributed by atoms with Crippen LogP contribution in [0, 0.1) is 0 Å². The van der Waals surface area contributed by atoms with Gasteiger partial charge in [-0.15, -0.1) is 0 Å². The van der Waals surface area contributed by atoms with Crippen molar-refractivity contribution in [2.45, 2.75) is 166 Å². The molecule has 140 heavy (non-hydrogen) atoms. The third-order valence-corrected chi connectivity index (χ3v) is 32.5. The minimum Gasteiger partial charge on any atom is -0.480 e. The number of carbonyl (C=O) groups is 5. The van der Waals surface area contributed by atoms with Gasteiger partial charge in [0.2, 0.25) is 17.8 Å². The lowest BCUT2D eigenvalue weighted by atomic mass is 9.69. The number of carboxylic acid groups (broad SMARTS) is 1. The minimum absolute atomic E-state index is 0.00336. The van der Waals surface area contributed by atoms with E-state index in [2.05, 4.69) is 278 Å². The van der Waals surface area contributed by atoms with Gasteiger partial charge in [0, 0.05) is 107 Å². The summed E-state index contributed by atoms with van der Waals surface area (Å²) in [4.78, 5) is 131. The van der Waals surface area contributed by atoms with Crippen molar-refractivity contribution >= 4 is 81.9 Å². The molecule has 4 aromatic carbocycles. The Labute approximate surface area is 820 Å². The predicted octanol–water partition coefficient (Wildman–Crippen LogP) is 9.55. The molecular formula is C104H137N28O8+. The molecule has 1 atom stereocenters. The fraction of sp³-hybridized carbons (Fsp3) is 0.510. The number of hydrogen-bond donors (Lipinski definition) is 7. The number of urea groups is 4. The molecule has 7 N–H and O–H groups in total. The van der Waals surface area contributed by atoms with Crippen molar-refractivity contribution in [3.05, 3.63) is 218 Å². The standard InChI is InChI=1S/C27H30N8O.C26H35N7O3.C26H37N7O2.C25H34N6O2/c1-32(2)27(20-7-5-4-6-8-20)12-10-26(11-13-27)19-35(25(36)31-26)21-17-29-24(30-18-21)34-16-14-28-23-22(34)9-15-33(23)3;1-30(2)26(20-6-4-3-5-7-20)10-8-25(9-11-26)19-33(24(36)29-25)21-16-27-23(28-17-21)32-14-12-31(13-15-32)18-22(34)35;1-30(2)26(21-6-4-3-5-7-21)10-8-25(9-11-26)20-33(24(35)29-25)22-18-27-23(28-19-22)32-14-12-31(13-15-32)16-17-34;1-29(2)25(19-7-4-3-5-8-19)12-10-24(11-13-25)18-31(23(33)28-24)20-15-26-22(27-16-20)30-14-6-9-21(32)17-30/h4-9,14-18H,10-13,19H2,1-3H3;3-7,16-17H,8-15,18-19H2,1-2H3,(H,29,36)(H,34,35);3-7,18-19,34H,8-17,20H2,1-2H3,(H,29,35);3-5,7-8,15-16,21,32H,6,9-14,17-18H2,1-2H3,(H,28,33)/p+1. The van der Waals surface area contributed by atoms with Crippen LogP contribution in [0.25, 0.3) is 17.1 Å². The maximum Gasteiger partial charge on any atom is 0.438 e. The molecule has 36 nitrogen and oxygen atoms in total. The van der Waals surface area contributed by atoms with Crippen LogP contribution < -0.4 is 60.1 Å². The lowest BCUT2D eigenvalue weighted by Crippen LogP contribution is -2.54. The van der Waals surface area contributed by atoms with E-state index in [1.807, 2.05) is 44.4 Å². The number of aromatic nitrogens is 11. The summed E-state index contributed by atoms with van der Waals surface area (Å²) in [5, 5.41) is 41.3. The molecule has 36 heteroatoms. The van der Waals surface area contributed by atoms with E-state index in [0.717, 1.165) is 171 Å². The second-order valence-electron chi connectivity index (χ2n) is 41.2. The monoisotopic (exact) mass is 1910 g/mol. The average Bonchev–Trinajstić information content (AvgIpc) is 1.58.